The molecule has 1 unspecified atom stereocenters. The second-order valence-electron chi connectivity index (χ2n) is 8.12. The van der Waals surface area contributed by atoms with Crippen molar-refractivity contribution in [2.24, 2.45) is 0 Å². The normalized spacial score (nSPS) is 16.1. The number of benzene rings is 3. The monoisotopic (exact) mass is 413 g/mol. The highest BCUT2D eigenvalue weighted by molar-refractivity contribution is 5.91. The van der Waals surface area contributed by atoms with E-state index >= 15 is 0 Å². The van der Waals surface area contributed by atoms with Crippen molar-refractivity contribution in [1.82, 2.24) is 9.88 Å². The second kappa shape index (κ2) is 7.91. The van der Waals surface area contributed by atoms with Gasteiger partial charge in [-0.1, -0.05) is 42.5 Å². The number of halogens is 1. The molecule has 5 rings (SSSR count). The van der Waals surface area contributed by atoms with E-state index in [1.807, 2.05) is 60.4 Å². The summed E-state index contributed by atoms with van der Waals surface area (Å²) in [5, 5.41) is 4.21. The first-order valence-corrected chi connectivity index (χ1v) is 10.6. The Hall–Kier alpha value is -3.60. The van der Waals surface area contributed by atoms with E-state index in [0.29, 0.717) is 6.54 Å². The molecule has 0 bridgehead atoms. The predicted molar refractivity (Wildman–Crippen MR) is 122 cm³/mol. The molecule has 1 aromatic heterocycles. The number of carbonyl (C=O) groups is 1. The fourth-order valence-electron chi connectivity index (χ4n) is 4.59. The van der Waals surface area contributed by atoms with Crippen LogP contribution < -0.4 is 5.32 Å². The lowest BCUT2D eigenvalue weighted by molar-refractivity contribution is 0.198. The molecule has 31 heavy (non-hydrogen) atoms. The van der Waals surface area contributed by atoms with Crippen LogP contribution in [-0.4, -0.2) is 22.5 Å². The van der Waals surface area contributed by atoms with E-state index in [9.17, 15) is 9.18 Å². The number of rotatable bonds is 2. The highest BCUT2D eigenvalue weighted by atomic mass is 19.1. The van der Waals surface area contributed by atoms with E-state index < -0.39 is 6.04 Å². The minimum absolute atomic E-state index is 0.189. The minimum atomic E-state index is -0.398. The number of nitrogens with one attached hydrogen (secondary N) is 2. The number of nitrogens with zero attached hydrogens (tertiary/aromatic N) is 1. The van der Waals surface area contributed by atoms with Crippen molar-refractivity contribution in [2.75, 3.05) is 11.9 Å². The average molecular weight is 413 g/mol. The molecule has 5 heteroatoms. The summed E-state index contributed by atoms with van der Waals surface area (Å²) in [4.78, 5) is 18.8. The Balaban J connectivity index is 1.61. The van der Waals surface area contributed by atoms with Crippen molar-refractivity contribution in [3.8, 4) is 0 Å². The Kier molecular flexibility index (Phi) is 4.94. The molecule has 0 aliphatic carbocycles. The summed E-state index contributed by atoms with van der Waals surface area (Å²) >= 11 is 0. The molecule has 4 nitrogen and oxygen atoms in total. The van der Waals surface area contributed by atoms with Crippen LogP contribution in [0.15, 0.2) is 72.8 Å². The Morgan fingerprint density at radius 1 is 1.06 bits per heavy atom. The van der Waals surface area contributed by atoms with E-state index in [4.69, 9.17) is 0 Å². The second-order valence-corrected chi connectivity index (χ2v) is 8.12. The third-order valence-corrected chi connectivity index (χ3v) is 5.95. The lowest BCUT2D eigenvalue weighted by Gasteiger charge is -2.31. The number of fused-ring (bicyclic) bond motifs is 3. The van der Waals surface area contributed by atoms with Gasteiger partial charge in [0.2, 0.25) is 0 Å². The summed E-state index contributed by atoms with van der Waals surface area (Å²) in [7, 11) is 0. The first kappa shape index (κ1) is 19.4. The Morgan fingerprint density at radius 2 is 1.90 bits per heavy atom. The molecule has 0 saturated carbocycles. The summed E-state index contributed by atoms with van der Waals surface area (Å²) < 4.78 is 14.2. The van der Waals surface area contributed by atoms with Gasteiger partial charge in [0.05, 0.1) is 6.04 Å². The van der Waals surface area contributed by atoms with Crippen LogP contribution in [0.2, 0.25) is 0 Å². The molecule has 4 aromatic rings. The van der Waals surface area contributed by atoms with E-state index in [2.05, 4.69) is 16.4 Å². The molecule has 0 spiro atoms. The van der Waals surface area contributed by atoms with Gasteiger partial charge in [-0.05, 0) is 66.8 Å². The maximum Gasteiger partial charge on any atom is 0.322 e. The molecular formula is C26H24FN3O. The number of hydrogen-bond acceptors (Lipinski definition) is 1. The summed E-state index contributed by atoms with van der Waals surface area (Å²) in [5.74, 6) is -0.307. The van der Waals surface area contributed by atoms with Crippen LogP contribution >= 0.6 is 0 Å². The fourth-order valence-corrected chi connectivity index (χ4v) is 4.59. The maximum absolute atomic E-state index is 14.2. The van der Waals surface area contributed by atoms with Gasteiger partial charge >= 0.3 is 6.03 Å². The molecule has 156 valence electrons. The summed E-state index contributed by atoms with van der Waals surface area (Å²) in [6.07, 6.45) is 1.70. The van der Waals surface area contributed by atoms with E-state index in [0.717, 1.165) is 40.9 Å². The van der Waals surface area contributed by atoms with Crippen LogP contribution in [0.3, 0.4) is 0 Å². The number of carbonyl (C=O) groups excluding carboxylic acids is 1. The van der Waals surface area contributed by atoms with Gasteiger partial charge in [-0.2, -0.15) is 0 Å². The van der Waals surface area contributed by atoms with Crippen LogP contribution in [-0.2, 0) is 6.42 Å². The van der Waals surface area contributed by atoms with Crippen LogP contribution in [0.4, 0.5) is 14.9 Å². The zero-order chi connectivity index (χ0) is 21.4. The van der Waals surface area contributed by atoms with Crippen molar-refractivity contribution in [2.45, 2.75) is 25.8 Å². The SMILES string of the molecule is Cc1cccc(NC(=O)N2CCCc3c([nH]c4ccccc34)C2c2cccc(F)c2)c1. The van der Waals surface area contributed by atoms with Crippen LogP contribution in [0.1, 0.15) is 34.8 Å². The quantitative estimate of drug-likeness (QED) is 0.405. The number of aryl methyl sites for hydroxylation is 2. The summed E-state index contributed by atoms with van der Waals surface area (Å²) in [5.41, 5.74) is 5.79. The van der Waals surface area contributed by atoms with E-state index in [-0.39, 0.29) is 11.8 Å². The largest absolute Gasteiger partial charge is 0.356 e. The van der Waals surface area contributed by atoms with Crippen molar-refractivity contribution in [3.05, 3.63) is 101 Å². The highest BCUT2D eigenvalue weighted by Crippen LogP contribution is 2.38. The molecule has 0 radical (unpaired) electrons. The van der Waals surface area contributed by atoms with Crippen molar-refractivity contribution in [1.29, 1.82) is 0 Å². The number of aromatic amines is 1. The van der Waals surface area contributed by atoms with Gasteiger partial charge in [0.1, 0.15) is 5.82 Å². The molecule has 3 aromatic carbocycles. The number of H-pyrrole nitrogens is 1. The maximum atomic E-state index is 14.2. The summed E-state index contributed by atoms with van der Waals surface area (Å²) in [6.45, 7) is 2.57. The molecular weight excluding hydrogens is 389 g/mol. The molecule has 2 heterocycles. The van der Waals surface area contributed by atoms with Crippen LogP contribution in [0.5, 0.6) is 0 Å². The molecule has 0 fully saturated rings. The number of para-hydroxylation sites is 1. The van der Waals surface area contributed by atoms with Gasteiger partial charge in [-0.15, -0.1) is 0 Å². The van der Waals surface area contributed by atoms with Gasteiger partial charge in [0.25, 0.3) is 0 Å². The first-order chi connectivity index (χ1) is 15.1. The lowest BCUT2D eigenvalue weighted by Crippen LogP contribution is -2.39. The Bertz CT molecular complexity index is 1260. The van der Waals surface area contributed by atoms with Crippen LogP contribution in [0, 0.1) is 12.7 Å². The molecule has 1 aliphatic rings. The molecule has 2 N–H and O–H groups in total. The lowest BCUT2D eigenvalue weighted by atomic mass is 9.98. The fraction of sp³-hybridized carbons (Fsp3) is 0.192. The van der Waals surface area contributed by atoms with Gasteiger partial charge in [-0.3, -0.25) is 0 Å². The van der Waals surface area contributed by atoms with Crippen molar-refractivity contribution in [3.63, 3.8) is 0 Å². The Morgan fingerprint density at radius 3 is 2.74 bits per heavy atom. The topological polar surface area (TPSA) is 48.1 Å². The Labute approximate surface area is 180 Å². The predicted octanol–water partition coefficient (Wildman–Crippen LogP) is 6.19. The molecule has 1 atom stereocenters. The smallest absolute Gasteiger partial charge is 0.322 e. The highest BCUT2D eigenvalue weighted by Gasteiger charge is 2.33. The van der Waals surface area contributed by atoms with Crippen molar-refractivity contribution >= 4 is 22.6 Å². The zero-order valence-electron chi connectivity index (χ0n) is 17.4. The van der Waals surface area contributed by atoms with Gasteiger partial charge < -0.3 is 15.2 Å². The van der Waals surface area contributed by atoms with Gasteiger partial charge in [-0.25, -0.2) is 9.18 Å². The van der Waals surface area contributed by atoms with Crippen molar-refractivity contribution < 1.29 is 9.18 Å². The number of anilines is 1. The number of hydrogen-bond donors (Lipinski definition) is 2. The molecule has 0 saturated heterocycles. The zero-order valence-corrected chi connectivity index (χ0v) is 17.4. The van der Waals surface area contributed by atoms with E-state index in [1.54, 1.807) is 6.07 Å². The van der Waals surface area contributed by atoms with Gasteiger partial charge in [0.15, 0.2) is 0 Å². The van der Waals surface area contributed by atoms with E-state index in [1.165, 1.54) is 23.1 Å². The first-order valence-electron chi connectivity index (χ1n) is 10.6. The molecule has 2 amide bonds. The van der Waals surface area contributed by atoms with Crippen LogP contribution in [0.25, 0.3) is 10.9 Å². The average Bonchev–Trinajstić information content (AvgIpc) is 3.00. The van der Waals surface area contributed by atoms with Gasteiger partial charge in [0, 0.05) is 28.8 Å². The minimum Gasteiger partial charge on any atom is -0.356 e. The third-order valence-electron chi connectivity index (χ3n) is 5.95. The third kappa shape index (κ3) is 3.67. The standard InChI is InChI=1S/C26H24FN3O/c1-17-7-4-10-20(15-17)28-26(31)30-14-6-12-22-21-11-2-3-13-23(21)29-24(22)25(30)18-8-5-9-19(27)16-18/h2-5,7-11,13,15-16,25,29H,6,12,14H2,1H3,(H,28,31). The summed E-state index contributed by atoms with van der Waals surface area (Å²) in [6, 6.07) is 21.9. The molecule has 1 aliphatic heterocycles. The number of aromatic nitrogens is 1. The number of urea groups is 1. The number of amides is 2.